The maximum atomic E-state index is 5.74. The van der Waals surface area contributed by atoms with Crippen LogP contribution in [0.15, 0.2) is 22.6 Å². The molecule has 1 unspecified atom stereocenters. The van der Waals surface area contributed by atoms with Crippen LogP contribution in [-0.2, 0) is 6.42 Å². The first-order chi connectivity index (χ1) is 8.85. The molecule has 4 nitrogen and oxygen atoms in total. The van der Waals surface area contributed by atoms with Crippen LogP contribution in [0.2, 0.25) is 0 Å². The van der Waals surface area contributed by atoms with Crippen molar-refractivity contribution in [2.75, 3.05) is 20.2 Å². The largest absolute Gasteiger partial charge is 0.497 e. The molecule has 0 saturated carbocycles. The van der Waals surface area contributed by atoms with Crippen molar-refractivity contribution in [1.29, 1.82) is 0 Å². The lowest BCUT2D eigenvalue weighted by molar-refractivity contribution is 0.415. The van der Waals surface area contributed by atoms with Crippen LogP contribution >= 0.6 is 0 Å². The molecule has 2 heterocycles. The van der Waals surface area contributed by atoms with E-state index in [1.54, 1.807) is 7.11 Å². The van der Waals surface area contributed by atoms with E-state index in [0.717, 1.165) is 54.6 Å². The van der Waals surface area contributed by atoms with Gasteiger partial charge in [0.15, 0.2) is 11.5 Å². The predicted octanol–water partition coefficient (Wildman–Crippen LogP) is 2.38. The Hall–Kier alpha value is -1.55. The highest BCUT2D eigenvalue weighted by Gasteiger charge is 2.15. The van der Waals surface area contributed by atoms with E-state index in [2.05, 4.69) is 10.3 Å². The number of methoxy groups -OCH3 is 1. The maximum Gasteiger partial charge on any atom is 0.195 e. The molecule has 4 heteroatoms. The van der Waals surface area contributed by atoms with Crippen LogP contribution in [0.4, 0.5) is 0 Å². The number of aromatic nitrogens is 1. The molecule has 0 spiro atoms. The van der Waals surface area contributed by atoms with E-state index in [0.29, 0.717) is 0 Å². The Morgan fingerprint density at radius 3 is 3.22 bits per heavy atom. The number of rotatable bonds is 4. The summed E-state index contributed by atoms with van der Waals surface area (Å²) in [6.45, 7) is 2.28. The number of ether oxygens (including phenoxy) is 1. The van der Waals surface area contributed by atoms with Gasteiger partial charge in [-0.05, 0) is 44.0 Å². The molecule has 18 heavy (non-hydrogen) atoms. The standard InChI is InChI=1S/C14H18N2O2/c1-17-11-3-4-13-12(8-11)16-14(18-13)5-2-10-6-7-15-9-10/h3-4,8,10,15H,2,5-7,9H2,1H3. The summed E-state index contributed by atoms with van der Waals surface area (Å²) in [6.07, 6.45) is 3.34. The van der Waals surface area contributed by atoms with E-state index in [-0.39, 0.29) is 0 Å². The molecule has 1 saturated heterocycles. The highest BCUT2D eigenvalue weighted by atomic mass is 16.5. The molecular formula is C14H18N2O2. The van der Waals surface area contributed by atoms with E-state index in [1.165, 1.54) is 6.42 Å². The third kappa shape index (κ3) is 2.34. The summed E-state index contributed by atoms with van der Waals surface area (Å²) in [5.41, 5.74) is 1.73. The Bertz CT molecular complexity index is 530. The molecule has 96 valence electrons. The molecule has 2 aromatic rings. The normalized spacial score (nSPS) is 19.5. The number of nitrogens with zero attached hydrogens (tertiary/aromatic N) is 1. The number of benzene rings is 1. The molecule has 1 aliphatic rings. The van der Waals surface area contributed by atoms with Crippen molar-refractivity contribution in [2.45, 2.75) is 19.3 Å². The van der Waals surface area contributed by atoms with Crippen molar-refractivity contribution < 1.29 is 9.15 Å². The fraction of sp³-hybridized carbons (Fsp3) is 0.500. The summed E-state index contributed by atoms with van der Waals surface area (Å²) in [7, 11) is 1.66. The first kappa shape index (κ1) is 11.5. The number of fused-ring (bicyclic) bond motifs is 1. The zero-order chi connectivity index (χ0) is 12.4. The quantitative estimate of drug-likeness (QED) is 0.899. The molecule has 0 aliphatic carbocycles. The van der Waals surface area contributed by atoms with Crippen molar-refractivity contribution in [3.8, 4) is 5.75 Å². The lowest BCUT2D eigenvalue weighted by Crippen LogP contribution is -2.09. The van der Waals surface area contributed by atoms with Crippen LogP contribution in [0.3, 0.4) is 0 Å². The van der Waals surface area contributed by atoms with Gasteiger partial charge in [0.1, 0.15) is 11.3 Å². The summed E-state index contributed by atoms with van der Waals surface area (Å²) in [4.78, 5) is 4.52. The minimum atomic E-state index is 0.773. The van der Waals surface area contributed by atoms with Gasteiger partial charge in [-0.3, -0.25) is 0 Å². The molecule has 1 fully saturated rings. The van der Waals surface area contributed by atoms with Crippen LogP contribution in [-0.4, -0.2) is 25.2 Å². The zero-order valence-electron chi connectivity index (χ0n) is 10.6. The summed E-state index contributed by atoms with van der Waals surface area (Å²) < 4.78 is 10.9. The van der Waals surface area contributed by atoms with Gasteiger partial charge < -0.3 is 14.5 Å². The van der Waals surface area contributed by atoms with Crippen LogP contribution in [0.1, 0.15) is 18.7 Å². The first-order valence-electron chi connectivity index (χ1n) is 6.49. The minimum absolute atomic E-state index is 0.773. The number of hydrogen-bond acceptors (Lipinski definition) is 4. The minimum Gasteiger partial charge on any atom is -0.497 e. The average molecular weight is 246 g/mol. The van der Waals surface area contributed by atoms with Gasteiger partial charge in [0.25, 0.3) is 0 Å². The predicted molar refractivity (Wildman–Crippen MR) is 69.9 cm³/mol. The molecule has 1 aromatic heterocycles. The third-order valence-electron chi connectivity index (χ3n) is 3.57. The molecule has 0 bridgehead atoms. The summed E-state index contributed by atoms with van der Waals surface area (Å²) >= 11 is 0. The Morgan fingerprint density at radius 2 is 2.44 bits per heavy atom. The van der Waals surface area contributed by atoms with Crippen LogP contribution in [0.5, 0.6) is 5.75 Å². The fourth-order valence-corrected chi connectivity index (χ4v) is 2.48. The lowest BCUT2D eigenvalue weighted by Gasteiger charge is -2.04. The molecular weight excluding hydrogens is 228 g/mol. The topological polar surface area (TPSA) is 47.3 Å². The van der Waals surface area contributed by atoms with E-state index in [1.807, 2.05) is 18.2 Å². The number of nitrogens with one attached hydrogen (secondary N) is 1. The first-order valence-corrected chi connectivity index (χ1v) is 6.49. The number of aryl methyl sites for hydroxylation is 1. The van der Waals surface area contributed by atoms with Gasteiger partial charge in [0.05, 0.1) is 7.11 Å². The van der Waals surface area contributed by atoms with E-state index in [9.17, 15) is 0 Å². The van der Waals surface area contributed by atoms with Gasteiger partial charge in [-0.25, -0.2) is 4.98 Å². The lowest BCUT2D eigenvalue weighted by atomic mass is 10.0. The highest BCUT2D eigenvalue weighted by molar-refractivity contribution is 5.74. The average Bonchev–Trinajstić information content (AvgIpc) is 3.04. The summed E-state index contributed by atoms with van der Waals surface area (Å²) in [6, 6.07) is 5.74. The van der Waals surface area contributed by atoms with Gasteiger partial charge >= 0.3 is 0 Å². The summed E-state index contributed by atoms with van der Waals surface area (Å²) in [5, 5.41) is 3.38. The Morgan fingerprint density at radius 1 is 1.50 bits per heavy atom. The SMILES string of the molecule is COc1ccc2oc(CCC3CCNC3)nc2c1. The van der Waals surface area contributed by atoms with Crippen LogP contribution in [0, 0.1) is 5.92 Å². The van der Waals surface area contributed by atoms with E-state index >= 15 is 0 Å². The second-order valence-electron chi connectivity index (χ2n) is 4.84. The summed E-state index contributed by atoms with van der Waals surface area (Å²) in [5.74, 6) is 2.43. The third-order valence-corrected chi connectivity index (χ3v) is 3.57. The molecule has 1 aliphatic heterocycles. The molecule has 0 radical (unpaired) electrons. The monoisotopic (exact) mass is 246 g/mol. The van der Waals surface area contributed by atoms with Gasteiger partial charge in [-0.15, -0.1) is 0 Å². The van der Waals surface area contributed by atoms with Gasteiger partial charge in [0, 0.05) is 12.5 Å². The number of oxazole rings is 1. The van der Waals surface area contributed by atoms with Crippen molar-refractivity contribution in [3.63, 3.8) is 0 Å². The molecule has 3 rings (SSSR count). The Kier molecular flexibility index (Phi) is 3.19. The highest BCUT2D eigenvalue weighted by Crippen LogP contribution is 2.23. The molecule has 1 aromatic carbocycles. The zero-order valence-corrected chi connectivity index (χ0v) is 10.6. The fourth-order valence-electron chi connectivity index (χ4n) is 2.48. The smallest absolute Gasteiger partial charge is 0.195 e. The Balaban J connectivity index is 1.72. The van der Waals surface area contributed by atoms with Crippen molar-refractivity contribution in [3.05, 3.63) is 24.1 Å². The molecule has 1 atom stereocenters. The van der Waals surface area contributed by atoms with Crippen LogP contribution in [0.25, 0.3) is 11.1 Å². The second kappa shape index (κ2) is 4.98. The Labute approximate surface area is 106 Å². The molecule has 1 N–H and O–H groups in total. The van der Waals surface area contributed by atoms with Crippen LogP contribution < -0.4 is 10.1 Å². The van der Waals surface area contributed by atoms with Gasteiger partial charge in [-0.2, -0.15) is 0 Å². The van der Waals surface area contributed by atoms with E-state index < -0.39 is 0 Å². The maximum absolute atomic E-state index is 5.74. The number of hydrogen-bond donors (Lipinski definition) is 1. The van der Waals surface area contributed by atoms with Gasteiger partial charge in [-0.1, -0.05) is 0 Å². The second-order valence-corrected chi connectivity index (χ2v) is 4.84. The van der Waals surface area contributed by atoms with Crippen molar-refractivity contribution >= 4 is 11.1 Å². The molecule has 0 amide bonds. The van der Waals surface area contributed by atoms with Crippen molar-refractivity contribution in [1.82, 2.24) is 10.3 Å². The van der Waals surface area contributed by atoms with Crippen molar-refractivity contribution in [2.24, 2.45) is 5.92 Å². The van der Waals surface area contributed by atoms with Gasteiger partial charge in [0.2, 0.25) is 0 Å². The van der Waals surface area contributed by atoms with E-state index in [4.69, 9.17) is 9.15 Å².